The van der Waals surface area contributed by atoms with Crippen molar-refractivity contribution in [3.63, 3.8) is 0 Å². The minimum atomic E-state index is -0.635. The fourth-order valence-electron chi connectivity index (χ4n) is 1.18. The number of pyridine rings is 1. The summed E-state index contributed by atoms with van der Waals surface area (Å²) in [5.41, 5.74) is 0.320. The summed E-state index contributed by atoms with van der Waals surface area (Å²) in [6.45, 7) is 7.25. The number of aromatic nitrogens is 1. The number of hydrogen-bond donors (Lipinski definition) is 2. The Kier molecular flexibility index (Phi) is 3.93. The number of aryl methyl sites for hydroxylation is 1. The lowest BCUT2D eigenvalue weighted by Crippen LogP contribution is -2.27. The van der Waals surface area contributed by atoms with Gasteiger partial charge >= 0.3 is 6.09 Å². The van der Waals surface area contributed by atoms with E-state index in [-0.39, 0.29) is 11.6 Å². The van der Waals surface area contributed by atoms with Crippen LogP contribution in [0.2, 0.25) is 0 Å². The highest BCUT2D eigenvalue weighted by molar-refractivity contribution is 5.85. The van der Waals surface area contributed by atoms with Gasteiger partial charge in [-0.1, -0.05) is 6.92 Å². The van der Waals surface area contributed by atoms with Crippen molar-refractivity contribution in [2.24, 2.45) is 0 Å². The van der Waals surface area contributed by atoms with Crippen LogP contribution in [0.3, 0.4) is 0 Å². The quantitative estimate of drug-likeness (QED) is 0.831. The Morgan fingerprint density at radius 2 is 2.18 bits per heavy atom. The molecule has 1 aromatic rings. The second-order valence-electron chi connectivity index (χ2n) is 4.69. The standard InChI is InChI=1S/C12H18N2O3/c1-5-8-6-9(15)10(13-7-8)14-11(16)17-12(2,3)4/h6-7,15H,5H2,1-4H3,(H,13,14,16). The van der Waals surface area contributed by atoms with Gasteiger partial charge in [0, 0.05) is 6.20 Å². The van der Waals surface area contributed by atoms with Crippen molar-refractivity contribution >= 4 is 11.9 Å². The topological polar surface area (TPSA) is 71.5 Å². The average molecular weight is 238 g/mol. The summed E-state index contributed by atoms with van der Waals surface area (Å²) in [6.07, 6.45) is 1.74. The van der Waals surface area contributed by atoms with Crippen molar-refractivity contribution < 1.29 is 14.6 Å². The predicted octanol–water partition coefficient (Wildman–Crippen LogP) is 2.70. The van der Waals surface area contributed by atoms with Gasteiger partial charge in [-0.2, -0.15) is 0 Å². The summed E-state index contributed by atoms with van der Waals surface area (Å²) >= 11 is 0. The van der Waals surface area contributed by atoms with Gasteiger partial charge in [0.15, 0.2) is 11.6 Å². The summed E-state index contributed by atoms with van der Waals surface area (Å²) in [6, 6.07) is 1.57. The fourth-order valence-corrected chi connectivity index (χ4v) is 1.18. The molecule has 1 heterocycles. The molecule has 0 aliphatic carbocycles. The van der Waals surface area contributed by atoms with Gasteiger partial charge < -0.3 is 9.84 Å². The van der Waals surface area contributed by atoms with E-state index in [1.165, 1.54) is 0 Å². The number of aromatic hydroxyl groups is 1. The van der Waals surface area contributed by atoms with Crippen molar-refractivity contribution in [2.45, 2.75) is 39.7 Å². The Hall–Kier alpha value is -1.78. The number of amides is 1. The van der Waals surface area contributed by atoms with E-state index < -0.39 is 11.7 Å². The summed E-state index contributed by atoms with van der Waals surface area (Å²) in [7, 11) is 0. The molecule has 0 spiro atoms. The van der Waals surface area contributed by atoms with Crippen LogP contribution in [0.4, 0.5) is 10.6 Å². The third kappa shape index (κ3) is 4.30. The molecule has 17 heavy (non-hydrogen) atoms. The van der Waals surface area contributed by atoms with Crippen LogP contribution in [0, 0.1) is 0 Å². The molecular formula is C12H18N2O3. The van der Waals surface area contributed by atoms with E-state index >= 15 is 0 Å². The molecule has 0 aliphatic heterocycles. The van der Waals surface area contributed by atoms with E-state index in [0.717, 1.165) is 12.0 Å². The van der Waals surface area contributed by atoms with E-state index in [2.05, 4.69) is 10.3 Å². The van der Waals surface area contributed by atoms with Gasteiger partial charge in [0.05, 0.1) is 0 Å². The maximum absolute atomic E-state index is 11.5. The van der Waals surface area contributed by atoms with Crippen LogP contribution in [-0.4, -0.2) is 21.8 Å². The molecule has 0 atom stereocenters. The molecule has 1 aromatic heterocycles. The third-order valence-electron chi connectivity index (χ3n) is 1.95. The molecule has 1 amide bonds. The molecule has 0 saturated carbocycles. The molecule has 0 radical (unpaired) electrons. The number of nitrogens with one attached hydrogen (secondary N) is 1. The van der Waals surface area contributed by atoms with Gasteiger partial charge in [-0.05, 0) is 38.8 Å². The van der Waals surface area contributed by atoms with E-state index in [1.54, 1.807) is 33.0 Å². The summed E-state index contributed by atoms with van der Waals surface area (Å²) in [4.78, 5) is 15.4. The first kappa shape index (κ1) is 13.3. The van der Waals surface area contributed by atoms with Crippen molar-refractivity contribution in [3.8, 4) is 5.75 Å². The monoisotopic (exact) mass is 238 g/mol. The first-order valence-corrected chi connectivity index (χ1v) is 5.49. The van der Waals surface area contributed by atoms with Crippen LogP contribution in [0.25, 0.3) is 0 Å². The zero-order valence-corrected chi connectivity index (χ0v) is 10.6. The largest absolute Gasteiger partial charge is 0.504 e. The van der Waals surface area contributed by atoms with Crippen molar-refractivity contribution in [1.82, 2.24) is 4.98 Å². The lowest BCUT2D eigenvalue weighted by Gasteiger charge is -2.19. The van der Waals surface area contributed by atoms with E-state index in [0.29, 0.717) is 0 Å². The van der Waals surface area contributed by atoms with E-state index in [1.807, 2.05) is 6.92 Å². The molecular weight excluding hydrogens is 220 g/mol. The Bertz CT molecular complexity index is 411. The van der Waals surface area contributed by atoms with Gasteiger partial charge in [-0.25, -0.2) is 9.78 Å². The number of carbonyl (C=O) groups excluding carboxylic acids is 1. The second kappa shape index (κ2) is 5.03. The molecule has 94 valence electrons. The smallest absolute Gasteiger partial charge is 0.413 e. The predicted molar refractivity (Wildman–Crippen MR) is 65.1 cm³/mol. The number of rotatable bonds is 2. The van der Waals surface area contributed by atoms with Crippen LogP contribution >= 0.6 is 0 Å². The van der Waals surface area contributed by atoms with Gasteiger partial charge in [-0.3, -0.25) is 5.32 Å². The molecule has 0 aromatic carbocycles. The fraction of sp³-hybridized carbons (Fsp3) is 0.500. The number of nitrogens with zero attached hydrogens (tertiary/aromatic N) is 1. The van der Waals surface area contributed by atoms with E-state index in [4.69, 9.17) is 4.74 Å². The first-order valence-electron chi connectivity index (χ1n) is 5.49. The lowest BCUT2D eigenvalue weighted by molar-refractivity contribution is 0.0634. The van der Waals surface area contributed by atoms with Gasteiger partial charge in [0.25, 0.3) is 0 Å². The van der Waals surface area contributed by atoms with Crippen LogP contribution in [0.1, 0.15) is 33.3 Å². The highest BCUT2D eigenvalue weighted by Gasteiger charge is 2.17. The SMILES string of the molecule is CCc1cnc(NC(=O)OC(C)(C)C)c(O)c1. The summed E-state index contributed by atoms with van der Waals surface area (Å²) in [5.74, 6) is 0.0478. The highest BCUT2D eigenvalue weighted by atomic mass is 16.6. The van der Waals surface area contributed by atoms with Crippen LogP contribution < -0.4 is 5.32 Å². The Morgan fingerprint density at radius 1 is 1.53 bits per heavy atom. The highest BCUT2D eigenvalue weighted by Crippen LogP contribution is 2.22. The van der Waals surface area contributed by atoms with Gasteiger partial charge in [0.1, 0.15) is 5.60 Å². The Morgan fingerprint density at radius 3 is 2.65 bits per heavy atom. The minimum Gasteiger partial charge on any atom is -0.504 e. The number of hydrogen-bond acceptors (Lipinski definition) is 4. The first-order chi connectivity index (χ1) is 7.81. The number of carbonyl (C=O) groups is 1. The van der Waals surface area contributed by atoms with Crippen LogP contribution in [0.15, 0.2) is 12.3 Å². The molecule has 0 bridgehead atoms. The Balaban J connectivity index is 2.72. The van der Waals surface area contributed by atoms with E-state index in [9.17, 15) is 9.90 Å². The average Bonchev–Trinajstić information content (AvgIpc) is 2.18. The molecule has 5 heteroatoms. The molecule has 5 nitrogen and oxygen atoms in total. The molecule has 2 N–H and O–H groups in total. The molecule has 0 saturated heterocycles. The summed E-state index contributed by atoms with van der Waals surface area (Å²) in [5, 5.41) is 12.0. The van der Waals surface area contributed by atoms with Gasteiger partial charge in [0.2, 0.25) is 0 Å². The minimum absolute atomic E-state index is 0.0600. The van der Waals surface area contributed by atoms with Crippen LogP contribution in [-0.2, 0) is 11.2 Å². The van der Waals surface area contributed by atoms with Crippen molar-refractivity contribution in [3.05, 3.63) is 17.8 Å². The Labute approximate surface area is 101 Å². The zero-order valence-electron chi connectivity index (χ0n) is 10.6. The third-order valence-corrected chi connectivity index (χ3v) is 1.95. The molecule has 0 aliphatic rings. The maximum atomic E-state index is 11.5. The maximum Gasteiger partial charge on any atom is 0.413 e. The number of anilines is 1. The van der Waals surface area contributed by atoms with Gasteiger partial charge in [-0.15, -0.1) is 0 Å². The second-order valence-corrected chi connectivity index (χ2v) is 4.69. The normalized spacial score (nSPS) is 11.1. The molecule has 0 fully saturated rings. The zero-order chi connectivity index (χ0) is 13.1. The van der Waals surface area contributed by atoms with Crippen LogP contribution in [0.5, 0.6) is 5.75 Å². The van der Waals surface area contributed by atoms with Crippen molar-refractivity contribution in [1.29, 1.82) is 0 Å². The summed E-state index contributed by atoms with van der Waals surface area (Å²) < 4.78 is 5.05. The van der Waals surface area contributed by atoms with Crippen molar-refractivity contribution in [2.75, 3.05) is 5.32 Å². The lowest BCUT2D eigenvalue weighted by atomic mass is 10.2. The molecule has 1 rings (SSSR count). The molecule has 0 unspecified atom stereocenters. The number of ether oxygens (including phenoxy) is 1.